The normalized spacial score (nSPS) is 14.8. The van der Waals surface area contributed by atoms with Gasteiger partial charge in [-0.25, -0.2) is 4.98 Å². The topological polar surface area (TPSA) is 129 Å². The standard InChI is InChI=1S/C27H27N7O3/c1-4-12-34-25(36)19-11-10-18(13-21(19)27(34,2)3)30-26-28-14-20(24-33-29-16-37-24)23(32-26)31-22(15-35)17-8-6-5-7-9-17/h4-11,13-14,16,22,35H,1,12,15H2,2-3H3,(H2,28,30,31,32)/t22-/m1/s1. The average Bonchev–Trinajstić information content (AvgIpc) is 3.50. The van der Waals surface area contributed by atoms with Gasteiger partial charge in [-0.3, -0.25) is 4.79 Å². The monoisotopic (exact) mass is 497 g/mol. The number of carbonyl (C=O) groups is 1. The second kappa shape index (κ2) is 9.82. The summed E-state index contributed by atoms with van der Waals surface area (Å²) < 4.78 is 5.38. The van der Waals surface area contributed by atoms with Gasteiger partial charge in [0.1, 0.15) is 5.82 Å². The van der Waals surface area contributed by atoms with E-state index < -0.39 is 11.6 Å². The van der Waals surface area contributed by atoms with Crippen molar-refractivity contribution in [2.24, 2.45) is 0 Å². The van der Waals surface area contributed by atoms with E-state index in [0.717, 1.165) is 16.8 Å². The molecule has 0 fully saturated rings. The largest absolute Gasteiger partial charge is 0.423 e. The Balaban J connectivity index is 1.47. The van der Waals surface area contributed by atoms with Gasteiger partial charge in [0.05, 0.1) is 23.8 Å². The lowest BCUT2D eigenvalue weighted by molar-refractivity contribution is 0.0652. The van der Waals surface area contributed by atoms with Crippen molar-refractivity contribution in [2.75, 3.05) is 23.8 Å². The highest BCUT2D eigenvalue weighted by atomic mass is 16.4. The van der Waals surface area contributed by atoms with E-state index in [2.05, 4.69) is 37.4 Å². The summed E-state index contributed by atoms with van der Waals surface area (Å²) in [7, 11) is 0. The molecule has 2 aromatic heterocycles. The van der Waals surface area contributed by atoms with Crippen LogP contribution in [0.5, 0.6) is 0 Å². The van der Waals surface area contributed by atoms with Gasteiger partial charge in [0.25, 0.3) is 11.8 Å². The summed E-state index contributed by atoms with van der Waals surface area (Å²) in [5.41, 5.74) is 3.22. The van der Waals surface area contributed by atoms with Gasteiger partial charge in [-0.1, -0.05) is 36.4 Å². The quantitative estimate of drug-likeness (QED) is 0.290. The lowest BCUT2D eigenvalue weighted by Gasteiger charge is -2.31. The first kappa shape index (κ1) is 24.1. The Morgan fingerprint density at radius 1 is 1.19 bits per heavy atom. The highest BCUT2D eigenvalue weighted by Gasteiger charge is 2.42. The minimum atomic E-state index is -0.488. The lowest BCUT2D eigenvalue weighted by atomic mass is 9.93. The number of hydrogen-bond acceptors (Lipinski definition) is 9. The molecule has 3 N–H and O–H groups in total. The first-order valence-corrected chi connectivity index (χ1v) is 11.8. The number of fused-ring (bicyclic) bond motifs is 1. The van der Waals surface area contributed by atoms with Gasteiger partial charge in [-0.2, -0.15) is 4.98 Å². The molecule has 1 amide bonds. The van der Waals surface area contributed by atoms with Crippen LogP contribution in [-0.4, -0.2) is 49.2 Å². The fourth-order valence-electron chi connectivity index (χ4n) is 4.51. The molecule has 1 atom stereocenters. The molecule has 0 aliphatic carbocycles. The molecule has 188 valence electrons. The van der Waals surface area contributed by atoms with Gasteiger partial charge in [-0.15, -0.1) is 16.8 Å². The Morgan fingerprint density at radius 2 is 2.00 bits per heavy atom. The van der Waals surface area contributed by atoms with Crippen LogP contribution in [0, 0.1) is 0 Å². The number of nitrogens with one attached hydrogen (secondary N) is 2. The predicted molar refractivity (Wildman–Crippen MR) is 139 cm³/mol. The molecule has 1 aliphatic rings. The van der Waals surface area contributed by atoms with Crippen LogP contribution < -0.4 is 10.6 Å². The van der Waals surface area contributed by atoms with Crippen LogP contribution in [0.1, 0.15) is 41.4 Å². The molecule has 0 bridgehead atoms. The van der Waals surface area contributed by atoms with E-state index in [1.165, 1.54) is 6.39 Å². The van der Waals surface area contributed by atoms with Crippen molar-refractivity contribution in [1.82, 2.24) is 25.1 Å². The molecule has 2 aromatic carbocycles. The van der Waals surface area contributed by atoms with E-state index in [1.54, 1.807) is 17.2 Å². The van der Waals surface area contributed by atoms with Crippen LogP contribution in [0.4, 0.5) is 17.5 Å². The second-order valence-electron chi connectivity index (χ2n) is 9.14. The van der Waals surface area contributed by atoms with Crippen LogP contribution in [-0.2, 0) is 5.54 Å². The average molecular weight is 498 g/mol. The molecule has 37 heavy (non-hydrogen) atoms. The van der Waals surface area contributed by atoms with E-state index >= 15 is 0 Å². The summed E-state index contributed by atoms with van der Waals surface area (Å²) in [5, 5.41) is 24.3. The number of amides is 1. The zero-order valence-corrected chi connectivity index (χ0v) is 20.5. The van der Waals surface area contributed by atoms with Crippen molar-refractivity contribution in [1.29, 1.82) is 0 Å². The highest BCUT2D eigenvalue weighted by Crippen LogP contribution is 2.40. The molecule has 4 aromatic rings. The molecule has 0 unspecified atom stereocenters. The molecule has 10 nitrogen and oxygen atoms in total. The van der Waals surface area contributed by atoms with Gasteiger partial charge in [-0.05, 0) is 43.2 Å². The van der Waals surface area contributed by atoms with E-state index in [9.17, 15) is 9.90 Å². The molecule has 1 aliphatic heterocycles. The van der Waals surface area contributed by atoms with E-state index in [1.807, 2.05) is 62.4 Å². The Labute approximate surface area is 214 Å². The van der Waals surface area contributed by atoms with Crippen molar-refractivity contribution in [2.45, 2.75) is 25.4 Å². The number of rotatable bonds is 9. The van der Waals surface area contributed by atoms with Gasteiger partial charge in [0, 0.05) is 24.0 Å². The van der Waals surface area contributed by atoms with E-state index in [4.69, 9.17) is 4.42 Å². The Kier molecular flexibility index (Phi) is 6.41. The maximum atomic E-state index is 12.9. The van der Waals surface area contributed by atoms with Crippen molar-refractivity contribution >= 4 is 23.4 Å². The summed E-state index contributed by atoms with van der Waals surface area (Å²) in [6.45, 7) is 8.12. The van der Waals surface area contributed by atoms with Crippen molar-refractivity contribution in [3.63, 3.8) is 0 Å². The first-order chi connectivity index (χ1) is 17.9. The summed E-state index contributed by atoms with van der Waals surface area (Å²) in [5.74, 6) is 0.965. The first-order valence-electron chi connectivity index (χ1n) is 11.8. The zero-order chi connectivity index (χ0) is 26.0. The van der Waals surface area contributed by atoms with E-state index in [0.29, 0.717) is 29.4 Å². The number of nitrogens with zero attached hydrogens (tertiary/aromatic N) is 5. The number of aliphatic hydroxyl groups excluding tert-OH is 1. The van der Waals surface area contributed by atoms with Crippen molar-refractivity contribution < 1.29 is 14.3 Å². The minimum absolute atomic E-state index is 0.0194. The summed E-state index contributed by atoms with van der Waals surface area (Å²) in [4.78, 5) is 23.8. The Morgan fingerprint density at radius 3 is 2.70 bits per heavy atom. The third-order valence-electron chi connectivity index (χ3n) is 6.47. The van der Waals surface area contributed by atoms with Crippen LogP contribution in [0.3, 0.4) is 0 Å². The van der Waals surface area contributed by atoms with Gasteiger partial charge in [0.2, 0.25) is 12.3 Å². The van der Waals surface area contributed by atoms with Gasteiger partial charge in [0.15, 0.2) is 0 Å². The predicted octanol–water partition coefficient (Wildman–Crippen LogP) is 4.29. The number of aromatic nitrogens is 4. The van der Waals surface area contributed by atoms with E-state index in [-0.39, 0.29) is 18.4 Å². The molecule has 0 radical (unpaired) electrons. The summed E-state index contributed by atoms with van der Waals surface area (Å²) in [6.07, 6.45) is 4.54. The maximum Gasteiger partial charge on any atom is 0.255 e. The highest BCUT2D eigenvalue weighted by molar-refractivity contribution is 6.00. The fraction of sp³-hybridized carbons (Fsp3) is 0.222. The smallest absolute Gasteiger partial charge is 0.255 e. The zero-order valence-electron chi connectivity index (χ0n) is 20.5. The van der Waals surface area contributed by atoms with Crippen LogP contribution >= 0.6 is 0 Å². The number of aliphatic hydroxyl groups is 1. The molecule has 3 heterocycles. The molecule has 0 saturated carbocycles. The van der Waals surface area contributed by atoms with Gasteiger partial charge >= 0.3 is 0 Å². The van der Waals surface area contributed by atoms with Crippen molar-refractivity contribution in [3.05, 3.63) is 90.5 Å². The number of hydrogen-bond donors (Lipinski definition) is 3. The molecule has 0 spiro atoms. The minimum Gasteiger partial charge on any atom is -0.423 e. The van der Waals surface area contributed by atoms with Crippen LogP contribution in [0.2, 0.25) is 0 Å². The molecular formula is C27H27N7O3. The number of carbonyl (C=O) groups excluding carboxylic acids is 1. The lowest BCUT2D eigenvalue weighted by Crippen LogP contribution is -2.39. The molecule has 0 saturated heterocycles. The maximum absolute atomic E-state index is 12.9. The summed E-state index contributed by atoms with van der Waals surface area (Å²) >= 11 is 0. The third kappa shape index (κ3) is 4.54. The number of anilines is 3. The third-order valence-corrected chi connectivity index (χ3v) is 6.47. The second-order valence-corrected chi connectivity index (χ2v) is 9.14. The number of benzene rings is 2. The fourth-order valence-corrected chi connectivity index (χ4v) is 4.51. The molecular weight excluding hydrogens is 470 g/mol. The van der Waals surface area contributed by atoms with Crippen LogP contribution in [0.15, 0.2) is 78.2 Å². The Bertz CT molecular complexity index is 1420. The molecule has 10 heteroatoms. The Hall–Kier alpha value is -4.57. The summed E-state index contributed by atoms with van der Waals surface area (Å²) in [6, 6.07) is 14.7. The van der Waals surface area contributed by atoms with Crippen molar-refractivity contribution in [3.8, 4) is 11.5 Å². The molecule has 5 rings (SSSR count). The van der Waals surface area contributed by atoms with Gasteiger partial charge < -0.3 is 25.1 Å². The van der Waals surface area contributed by atoms with Crippen LogP contribution in [0.25, 0.3) is 11.5 Å². The SMILES string of the molecule is C=CCN1C(=O)c2ccc(Nc3ncc(-c4nnco4)c(N[C@H](CO)c4ccccc4)n3)cc2C1(C)C.